The Balaban J connectivity index is 3.11. The van der Waals surface area contributed by atoms with Crippen LogP contribution >= 0.6 is 0 Å². The van der Waals surface area contributed by atoms with Crippen molar-refractivity contribution < 1.29 is 35.5 Å². The molecule has 1 heterocycles. The molecule has 1 aliphatic rings. The van der Waals surface area contributed by atoms with Gasteiger partial charge in [-0.1, -0.05) is 6.92 Å². The molecule has 0 aromatic rings. The smallest absolute Gasteiger partial charge is 0.248 e. The highest BCUT2D eigenvalue weighted by atomic mass is 19.3. The summed E-state index contributed by atoms with van der Waals surface area (Å²) < 4.78 is 91.0. The number of alkyl halides is 7. The first kappa shape index (κ1) is 12.5. The van der Waals surface area contributed by atoms with E-state index in [0.717, 1.165) is 6.92 Å². The zero-order valence-corrected chi connectivity index (χ0v) is 7.47. The van der Waals surface area contributed by atoms with E-state index in [1.807, 2.05) is 0 Å². The molecule has 1 rings (SSSR count). The molecule has 8 heteroatoms. The van der Waals surface area contributed by atoms with Gasteiger partial charge in [0.15, 0.2) is 0 Å². The lowest BCUT2D eigenvalue weighted by Crippen LogP contribution is -2.63. The monoisotopic (exact) mass is 240 g/mol. The first-order valence-corrected chi connectivity index (χ1v) is 4.00. The summed E-state index contributed by atoms with van der Waals surface area (Å²) >= 11 is 0. The maximum absolute atomic E-state index is 13.2. The van der Waals surface area contributed by atoms with Gasteiger partial charge in [0.1, 0.15) is 0 Å². The van der Waals surface area contributed by atoms with Gasteiger partial charge in [0, 0.05) is 0 Å². The van der Waals surface area contributed by atoms with Crippen molar-refractivity contribution in [3.8, 4) is 0 Å². The van der Waals surface area contributed by atoms with Crippen molar-refractivity contribution in [3.63, 3.8) is 0 Å². The molecule has 0 aromatic heterocycles. The molecule has 1 fully saturated rings. The van der Waals surface area contributed by atoms with Gasteiger partial charge >= 0.3 is 18.1 Å². The lowest BCUT2D eigenvalue weighted by Gasteiger charge is -2.43. The molecule has 0 N–H and O–H groups in total. The topological polar surface area (TPSA) is 9.23 Å². The average Bonchev–Trinajstić information content (AvgIpc) is 1.98. The van der Waals surface area contributed by atoms with Crippen molar-refractivity contribution in [2.24, 2.45) is 0 Å². The summed E-state index contributed by atoms with van der Waals surface area (Å²) in [6.07, 6.45) is -13.6. The van der Waals surface area contributed by atoms with Crippen molar-refractivity contribution in [2.45, 2.75) is 43.6 Å². The molecule has 0 bridgehead atoms. The zero-order chi connectivity index (χ0) is 12.1. The van der Waals surface area contributed by atoms with Gasteiger partial charge in [0.05, 0.1) is 6.42 Å². The Labute approximate surface area is 80.2 Å². The molecule has 15 heavy (non-hydrogen) atoms. The van der Waals surface area contributed by atoms with Crippen molar-refractivity contribution in [2.75, 3.05) is 0 Å². The van der Waals surface area contributed by atoms with Crippen LogP contribution in [0.1, 0.15) is 19.8 Å². The van der Waals surface area contributed by atoms with Crippen LogP contribution in [0.25, 0.3) is 0 Å². The molecular formula is C7H7F7O. The first-order chi connectivity index (χ1) is 6.47. The van der Waals surface area contributed by atoms with Crippen LogP contribution in [0.15, 0.2) is 0 Å². The highest BCUT2D eigenvalue weighted by Gasteiger charge is 2.76. The van der Waals surface area contributed by atoms with E-state index in [2.05, 4.69) is 4.74 Å². The number of hydrogen-bond acceptors (Lipinski definition) is 1. The van der Waals surface area contributed by atoms with Gasteiger partial charge in [0.2, 0.25) is 5.67 Å². The summed E-state index contributed by atoms with van der Waals surface area (Å²) in [5.74, 6) is -4.94. The van der Waals surface area contributed by atoms with Gasteiger partial charge in [-0.05, 0) is 6.42 Å². The standard InChI is InChI=1S/C7H7F7O/c1-2-4(8)3-5(9,10)7(13,14)15-6(4,11)12/h2-3H2,1H3. The fourth-order valence-electron chi connectivity index (χ4n) is 1.22. The summed E-state index contributed by atoms with van der Waals surface area (Å²) in [5, 5.41) is 0. The second kappa shape index (κ2) is 2.99. The Morgan fingerprint density at radius 3 is 1.80 bits per heavy atom. The molecule has 1 aliphatic heterocycles. The number of halogens is 7. The largest absolute Gasteiger partial charge is 0.424 e. The van der Waals surface area contributed by atoms with Crippen LogP contribution in [0.4, 0.5) is 30.7 Å². The molecule has 0 aromatic carbocycles. The van der Waals surface area contributed by atoms with E-state index in [1.165, 1.54) is 0 Å². The lowest BCUT2D eigenvalue weighted by atomic mass is 9.90. The Bertz CT molecular complexity index is 264. The maximum atomic E-state index is 13.2. The van der Waals surface area contributed by atoms with Crippen molar-refractivity contribution in [1.29, 1.82) is 0 Å². The Hall–Kier alpha value is -0.530. The van der Waals surface area contributed by atoms with E-state index in [0.29, 0.717) is 0 Å². The summed E-state index contributed by atoms with van der Waals surface area (Å²) in [6, 6.07) is 0. The molecule has 1 nitrogen and oxygen atoms in total. The maximum Gasteiger partial charge on any atom is 0.424 e. The fourth-order valence-corrected chi connectivity index (χ4v) is 1.22. The molecule has 0 amide bonds. The van der Waals surface area contributed by atoms with E-state index in [9.17, 15) is 30.7 Å². The Morgan fingerprint density at radius 2 is 1.40 bits per heavy atom. The molecule has 1 unspecified atom stereocenters. The van der Waals surface area contributed by atoms with Crippen LogP contribution in [0.3, 0.4) is 0 Å². The van der Waals surface area contributed by atoms with Gasteiger partial charge in [-0.25, -0.2) is 9.13 Å². The minimum absolute atomic E-state index is 0.844. The number of rotatable bonds is 1. The quantitative estimate of drug-likeness (QED) is 0.638. The number of ether oxygens (including phenoxy) is 1. The first-order valence-electron chi connectivity index (χ1n) is 4.00. The Kier molecular flexibility index (Phi) is 2.50. The van der Waals surface area contributed by atoms with Gasteiger partial charge < -0.3 is 0 Å². The normalized spacial score (nSPS) is 37.6. The van der Waals surface area contributed by atoms with Crippen LogP contribution in [-0.4, -0.2) is 23.8 Å². The van der Waals surface area contributed by atoms with Crippen LogP contribution in [0.5, 0.6) is 0 Å². The molecule has 1 saturated heterocycles. The molecule has 0 spiro atoms. The second-order valence-corrected chi connectivity index (χ2v) is 3.34. The SMILES string of the molecule is CCC1(F)CC(F)(F)C(F)(F)OC1(F)F. The molecule has 0 saturated carbocycles. The zero-order valence-electron chi connectivity index (χ0n) is 7.47. The molecular weight excluding hydrogens is 233 g/mol. The summed E-state index contributed by atoms with van der Waals surface area (Å²) in [7, 11) is 0. The molecule has 90 valence electrons. The summed E-state index contributed by atoms with van der Waals surface area (Å²) in [4.78, 5) is 0. The van der Waals surface area contributed by atoms with Crippen LogP contribution in [-0.2, 0) is 4.74 Å². The highest BCUT2D eigenvalue weighted by molar-refractivity contribution is 5.00. The minimum Gasteiger partial charge on any atom is -0.248 e. The third-order valence-electron chi connectivity index (χ3n) is 2.27. The van der Waals surface area contributed by atoms with Gasteiger partial charge in [-0.2, -0.15) is 26.3 Å². The second-order valence-electron chi connectivity index (χ2n) is 3.34. The van der Waals surface area contributed by atoms with Crippen LogP contribution in [0.2, 0.25) is 0 Å². The highest BCUT2D eigenvalue weighted by Crippen LogP contribution is 2.55. The molecule has 0 radical (unpaired) electrons. The van der Waals surface area contributed by atoms with Crippen molar-refractivity contribution >= 4 is 0 Å². The predicted octanol–water partition coefficient (Wildman–Crippen LogP) is 3.35. The van der Waals surface area contributed by atoms with Gasteiger partial charge in [-0.3, -0.25) is 0 Å². The van der Waals surface area contributed by atoms with E-state index in [4.69, 9.17) is 0 Å². The fraction of sp³-hybridized carbons (Fsp3) is 1.00. The van der Waals surface area contributed by atoms with E-state index < -0.39 is 36.7 Å². The van der Waals surface area contributed by atoms with Crippen LogP contribution in [0, 0.1) is 0 Å². The van der Waals surface area contributed by atoms with E-state index >= 15 is 0 Å². The Morgan fingerprint density at radius 1 is 0.933 bits per heavy atom. The average molecular weight is 240 g/mol. The van der Waals surface area contributed by atoms with Gasteiger partial charge in [0.25, 0.3) is 0 Å². The van der Waals surface area contributed by atoms with Gasteiger partial charge in [-0.15, -0.1) is 0 Å². The molecule has 0 aliphatic carbocycles. The van der Waals surface area contributed by atoms with E-state index in [1.54, 1.807) is 0 Å². The van der Waals surface area contributed by atoms with Crippen molar-refractivity contribution in [1.82, 2.24) is 0 Å². The number of hydrogen-bond donors (Lipinski definition) is 0. The summed E-state index contributed by atoms with van der Waals surface area (Å²) in [5.41, 5.74) is -3.78. The third-order valence-corrected chi connectivity index (χ3v) is 2.27. The third kappa shape index (κ3) is 1.68. The van der Waals surface area contributed by atoms with Crippen LogP contribution < -0.4 is 0 Å². The molecule has 1 atom stereocenters. The lowest BCUT2D eigenvalue weighted by molar-refractivity contribution is -0.490. The van der Waals surface area contributed by atoms with E-state index in [-0.39, 0.29) is 0 Å². The predicted molar refractivity (Wildman–Crippen MR) is 34.7 cm³/mol. The minimum atomic E-state index is -5.36. The van der Waals surface area contributed by atoms with Crippen molar-refractivity contribution in [3.05, 3.63) is 0 Å². The summed E-state index contributed by atoms with van der Waals surface area (Å²) in [6.45, 7) is 0.844.